The molecule has 6 aromatic carbocycles. The predicted molar refractivity (Wildman–Crippen MR) is 460 cm³/mol. The molecule has 0 bridgehead atoms. The third-order valence-corrected chi connectivity index (χ3v) is 25.1. The first-order valence-electron chi connectivity index (χ1n) is 40.1. The van der Waals surface area contributed by atoms with Gasteiger partial charge in [0.15, 0.2) is 11.4 Å². The van der Waals surface area contributed by atoms with E-state index in [1.165, 1.54) is 91.8 Å². The molecule has 2 atom stereocenters. The van der Waals surface area contributed by atoms with Crippen LogP contribution in [-0.4, -0.2) is 113 Å². The Bertz CT molecular complexity index is 5050. The van der Waals surface area contributed by atoms with E-state index in [1.807, 2.05) is 0 Å². The lowest BCUT2D eigenvalue weighted by atomic mass is 9.77. The highest BCUT2D eigenvalue weighted by Crippen LogP contribution is 2.53. The van der Waals surface area contributed by atoms with Gasteiger partial charge in [0.2, 0.25) is 11.4 Å². The molecule has 9 N–H and O–H groups in total. The maximum atomic E-state index is 11.8. The van der Waals surface area contributed by atoms with Gasteiger partial charge in [-0.1, -0.05) is 156 Å². The van der Waals surface area contributed by atoms with Crippen LogP contribution in [0, 0.1) is 0 Å². The number of aromatic hydroxyl groups is 1. The number of carbonyl (C=O) groups is 2. The van der Waals surface area contributed by atoms with Crippen molar-refractivity contribution in [3.05, 3.63) is 261 Å². The van der Waals surface area contributed by atoms with Crippen LogP contribution in [0.1, 0.15) is 201 Å². The number of para-hydroxylation sites is 4. The summed E-state index contributed by atoms with van der Waals surface area (Å²) in [5, 5.41) is 32.1. The summed E-state index contributed by atoms with van der Waals surface area (Å²) in [6.07, 6.45) is 32.5. The summed E-state index contributed by atoms with van der Waals surface area (Å²) in [5.41, 5.74) is 18.4. The van der Waals surface area contributed by atoms with Gasteiger partial charge in [0, 0.05) is 137 Å². The molecule has 1 aliphatic carbocycles. The number of aliphatic carboxylic acids is 2. The second-order valence-electron chi connectivity index (χ2n) is 31.6. The molecule has 0 aromatic heterocycles. The third kappa shape index (κ3) is 20.3. The number of rotatable bonds is 30. The van der Waals surface area contributed by atoms with Crippen molar-refractivity contribution in [1.29, 1.82) is 0 Å². The number of nitrogens with zero attached hydrogens (tertiary/aromatic N) is 4. The number of carboxylic acids is 2. The number of phenols is 1. The minimum Gasteiger partial charge on any atom is -0.508 e. The summed E-state index contributed by atoms with van der Waals surface area (Å²) in [5.74, 6) is -0.453. The normalized spacial score (nSPS) is 20.3. The lowest BCUT2D eigenvalue weighted by Gasteiger charge is -2.31. The van der Waals surface area contributed by atoms with Crippen molar-refractivity contribution in [2.24, 2.45) is 0 Å². The van der Waals surface area contributed by atoms with Crippen molar-refractivity contribution in [1.82, 2.24) is 11.5 Å². The van der Waals surface area contributed by atoms with Crippen molar-refractivity contribution >= 4 is 77.9 Å². The molecule has 6 aliphatic rings. The van der Waals surface area contributed by atoms with Crippen molar-refractivity contribution in [3.8, 4) is 11.5 Å². The van der Waals surface area contributed by atoms with Crippen molar-refractivity contribution in [2.45, 2.75) is 210 Å². The van der Waals surface area contributed by atoms with E-state index in [2.05, 4.69) is 239 Å². The molecule has 5 aliphatic heterocycles. The molecule has 0 saturated carbocycles. The Morgan fingerprint density at radius 2 is 0.921 bits per heavy atom. The van der Waals surface area contributed by atoms with Gasteiger partial charge in [-0.3, -0.25) is 18.7 Å². The number of nitrogens with one attached hydrogen (secondary N) is 1. The fraction of sp³-hybridized carbons (Fsp3) is 0.398. The number of allylic oxidation sites excluding steroid dienone is 12. The monoisotopic (exact) mass is 1610 g/mol. The van der Waals surface area contributed by atoms with Gasteiger partial charge in [-0.05, 0) is 200 Å². The Morgan fingerprint density at radius 3 is 1.36 bits per heavy atom. The molecular weight excluding hydrogens is 1490 g/mol. The summed E-state index contributed by atoms with van der Waals surface area (Å²) in [6, 6.07) is 45.0. The lowest BCUT2D eigenvalue weighted by molar-refractivity contribution is -0.438. The van der Waals surface area contributed by atoms with Crippen molar-refractivity contribution in [3.63, 3.8) is 0 Å². The van der Waals surface area contributed by atoms with Gasteiger partial charge in [-0.25, -0.2) is 0 Å². The quantitative estimate of drug-likeness (QED) is 0.0163. The third-order valence-electron chi connectivity index (χ3n) is 22.9. The van der Waals surface area contributed by atoms with Crippen LogP contribution in [0.4, 0.5) is 22.7 Å². The number of benzene rings is 6. The molecule has 0 saturated heterocycles. The van der Waals surface area contributed by atoms with Gasteiger partial charge in [0.05, 0.1) is 20.6 Å². The number of fused-ring (bicyclic) bond motifs is 4. The molecule has 0 amide bonds. The number of hydrogen-bond donors (Lipinski definition) is 7. The van der Waals surface area contributed by atoms with Gasteiger partial charge in [0.1, 0.15) is 30.3 Å². The molecule has 5 heterocycles. The van der Waals surface area contributed by atoms with Crippen LogP contribution in [0.15, 0.2) is 248 Å². The second kappa shape index (κ2) is 38.9. The van der Waals surface area contributed by atoms with Gasteiger partial charge < -0.3 is 41.3 Å². The number of hydrogen-bond acceptors (Lipinski definition) is 12. The standard InChI is InChI=1S/C46H55N3O6S.C41H51ClN2O2.C6H6O4S.H3N/c1-6-8-29-48-39-17-12-10-15-37(39)45(3,4)41(48)26-20-33-31-47-32-34(44(33)55-35-22-24-36(25-23-35)56(52,53)54)21-27-42-46(5,28-14-19-43(50)51)38-16-11-13-18-40(38)49(42)30-9-7-2;1-6-8-28-43-34-20-12-10-18-32(34)40(3,4)36(43)25-23-30-16-14-17-31(39(30)42)24-26-37-41(5,27-15-22-38(45)46)33-19-11-13-21-35(33)44(37)29-9-7-2;7-5-1-3-6(4-2-5)11(8,9)10;/h10-13,15-18,20-27,47H,6-9,14,19,28-32H2,1-5H3,(H-,50,51,52,53,54);10-13,18-21,23-26H,6-9,14-17,22,27-29H2,1-5H3;1-4,7H,(H,8,9,10);1H3/p+2. The van der Waals surface area contributed by atoms with Crippen molar-refractivity contribution < 1.29 is 64.7 Å². The number of phenolic OH excluding ortho intramolecular Hbond substituents is 1. The van der Waals surface area contributed by atoms with E-state index in [1.54, 1.807) is 12.1 Å². The van der Waals surface area contributed by atoms with Gasteiger partial charge in [-0.2, -0.15) is 26.0 Å². The average molecular weight is 1610 g/mol. The van der Waals surface area contributed by atoms with E-state index in [0.29, 0.717) is 43.9 Å². The molecule has 21 heteroatoms. The molecule has 0 radical (unpaired) electrons. The van der Waals surface area contributed by atoms with E-state index in [-0.39, 0.29) is 50.8 Å². The van der Waals surface area contributed by atoms with E-state index in [0.717, 1.165) is 143 Å². The predicted octanol–water partition coefficient (Wildman–Crippen LogP) is 20.8. The highest BCUT2D eigenvalue weighted by atomic mass is 35.5. The van der Waals surface area contributed by atoms with Crippen LogP contribution in [-0.2, 0) is 51.5 Å². The average Bonchev–Trinajstić information content (AvgIpc) is 1.61. The Balaban J connectivity index is 0.000000231. The Morgan fingerprint density at radius 1 is 0.509 bits per heavy atom. The molecule has 0 spiro atoms. The van der Waals surface area contributed by atoms with Crippen LogP contribution < -0.4 is 26.0 Å². The number of ether oxygens (including phenoxy) is 1. The molecule has 6 aromatic rings. The van der Waals surface area contributed by atoms with Crippen LogP contribution in [0.2, 0.25) is 0 Å². The topological polar surface area (TPSA) is 272 Å². The summed E-state index contributed by atoms with van der Waals surface area (Å²) < 4.78 is 74.3. The maximum absolute atomic E-state index is 11.8. The minimum absolute atomic E-state index is 0. The van der Waals surface area contributed by atoms with Crippen LogP contribution >= 0.6 is 11.6 Å². The summed E-state index contributed by atoms with van der Waals surface area (Å²) in [7, 11) is -8.50. The summed E-state index contributed by atoms with van der Waals surface area (Å²) >= 11 is 7.23. The van der Waals surface area contributed by atoms with E-state index in [4.69, 9.17) is 26.0 Å². The van der Waals surface area contributed by atoms with Crippen LogP contribution in [0.25, 0.3) is 0 Å². The van der Waals surface area contributed by atoms with Gasteiger partial charge >= 0.3 is 11.9 Å². The molecule has 12 rings (SSSR count). The Kier molecular flexibility index (Phi) is 30.3. The SMILES string of the molecule is CCCCN1/C(=C/C=C2\CCCC(/C=C/C3=[N+](CCCC)c4ccccc4C3(C)C)=C2Cl)C(C)(CCCC(=O)O)c2ccccc21.CCCCN1/C(=C/C=C2\CNCC(/C=C/C3=[N+](CCCC)c4ccccc4C3(C)C)=C2Oc2ccc(S(=O)(=O)O)cc2)C(C)(CCCC(=O)O)c2ccccc21.N.O=S(=O)(O)c1ccc(O)cc1. The molecule has 0 fully saturated rings. The number of unbranched alkanes of at least 4 members (excludes halogenated alkanes) is 4. The molecular formula is C93H117ClN6O12S2+2. The van der Waals surface area contributed by atoms with Gasteiger partial charge in [0.25, 0.3) is 20.2 Å². The number of halogens is 1. The highest BCUT2D eigenvalue weighted by molar-refractivity contribution is 7.86. The summed E-state index contributed by atoms with van der Waals surface area (Å²) in [6.45, 7) is 27.4. The lowest BCUT2D eigenvalue weighted by Crippen LogP contribution is -2.31. The highest BCUT2D eigenvalue weighted by Gasteiger charge is 2.47. The number of carboxylic acid groups (broad SMARTS) is 2. The van der Waals surface area contributed by atoms with E-state index < -0.39 is 37.6 Å². The fourth-order valence-electron chi connectivity index (χ4n) is 16.7. The molecule has 608 valence electrons. The molecule has 18 nitrogen and oxygen atoms in total. The number of anilines is 2. The Hall–Kier alpha value is -9.25. The molecule has 2 unspecified atom stereocenters. The van der Waals surface area contributed by atoms with Crippen molar-refractivity contribution in [2.75, 3.05) is 49.1 Å². The Labute approximate surface area is 681 Å². The van der Waals surface area contributed by atoms with Crippen LogP contribution in [0.3, 0.4) is 0 Å². The second-order valence-corrected chi connectivity index (χ2v) is 34.8. The minimum atomic E-state index is -4.37. The fourth-order valence-corrected chi connectivity index (χ4v) is 18.0. The van der Waals surface area contributed by atoms with Crippen LogP contribution in [0.5, 0.6) is 11.5 Å². The van der Waals surface area contributed by atoms with E-state index in [9.17, 15) is 41.2 Å². The van der Waals surface area contributed by atoms with E-state index >= 15 is 0 Å². The first-order chi connectivity index (χ1) is 53.9. The first-order valence-corrected chi connectivity index (χ1v) is 43.4. The largest absolute Gasteiger partial charge is 0.508 e. The zero-order valence-corrected chi connectivity index (χ0v) is 70.4. The zero-order valence-electron chi connectivity index (χ0n) is 68.0. The first kappa shape index (κ1) is 88.7. The zero-order chi connectivity index (χ0) is 81.5. The maximum Gasteiger partial charge on any atom is 0.303 e. The summed E-state index contributed by atoms with van der Waals surface area (Å²) in [4.78, 5) is 27.5. The molecule has 114 heavy (non-hydrogen) atoms. The smallest absolute Gasteiger partial charge is 0.303 e. The van der Waals surface area contributed by atoms with Gasteiger partial charge in [-0.15, -0.1) is 0 Å².